The van der Waals surface area contributed by atoms with Crippen molar-refractivity contribution in [1.82, 2.24) is 25.6 Å². The summed E-state index contributed by atoms with van der Waals surface area (Å²) >= 11 is 4.56. The first kappa shape index (κ1) is 21.8. The number of hydrogen-bond donors (Lipinski definition) is 2. The van der Waals surface area contributed by atoms with Crippen molar-refractivity contribution in [1.29, 1.82) is 0 Å². The Bertz CT molecular complexity index is 1020. The zero-order valence-electron chi connectivity index (χ0n) is 16.4. The molecule has 0 aliphatic heterocycles. The van der Waals surface area contributed by atoms with E-state index in [9.17, 15) is 9.59 Å². The van der Waals surface area contributed by atoms with E-state index < -0.39 is 0 Å². The lowest BCUT2D eigenvalue weighted by atomic mass is 10.2. The molecular weight excluding hydrogens is 470 g/mol. The van der Waals surface area contributed by atoms with Gasteiger partial charge in [0, 0.05) is 22.1 Å². The fraction of sp³-hybridized carbons (Fsp3) is 0.200. The molecule has 8 nitrogen and oxygen atoms in total. The Morgan fingerprint density at radius 3 is 2.40 bits per heavy atom. The van der Waals surface area contributed by atoms with E-state index in [1.807, 2.05) is 35.8 Å². The highest BCUT2D eigenvalue weighted by molar-refractivity contribution is 9.10. The molecular formula is C20H20BrN5O3S. The molecule has 0 unspecified atom stereocenters. The molecule has 1 aromatic heterocycles. The molecule has 2 aromatic carbocycles. The van der Waals surface area contributed by atoms with Gasteiger partial charge < -0.3 is 9.30 Å². The van der Waals surface area contributed by atoms with Crippen molar-refractivity contribution in [2.45, 2.75) is 18.6 Å². The molecule has 30 heavy (non-hydrogen) atoms. The number of benzene rings is 2. The first-order valence-corrected chi connectivity index (χ1v) is 10.8. The maximum Gasteiger partial charge on any atom is 0.269 e. The van der Waals surface area contributed by atoms with Crippen LogP contribution < -0.4 is 15.6 Å². The third-order valence-corrected chi connectivity index (χ3v) is 5.63. The fourth-order valence-corrected chi connectivity index (χ4v) is 3.67. The van der Waals surface area contributed by atoms with Crippen molar-refractivity contribution in [3.63, 3.8) is 0 Å². The molecule has 0 atom stereocenters. The van der Waals surface area contributed by atoms with Gasteiger partial charge in [0.15, 0.2) is 11.0 Å². The number of rotatable bonds is 7. The van der Waals surface area contributed by atoms with Crippen LogP contribution in [0.15, 0.2) is 58.2 Å². The smallest absolute Gasteiger partial charge is 0.269 e. The summed E-state index contributed by atoms with van der Waals surface area (Å²) in [6, 6.07) is 14.4. The minimum Gasteiger partial charge on any atom is -0.497 e. The molecule has 0 aliphatic rings. The molecule has 2 N–H and O–H groups in total. The van der Waals surface area contributed by atoms with E-state index in [4.69, 9.17) is 4.74 Å². The molecule has 0 radical (unpaired) electrons. The summed E-state index contributed by atoms with van der Waals surface area (Å²) in [5.41, 5.74) is 6.17. The lowest BCUT2D eigenvalue weighted by Crippen LogP contribution is -2.42. The average molecular weight is 490 g/mol. The number of methoxy groups -OCH3 is 1. The summed E-state index contributed by atoms with van der Waals surface area (Å²) in [6.45, 7) is 2.64. The number of ether oxygens (including phenoxy) is 1. The summed E-state index contributed by atoms with van der Waals surface area (Å²) in [4.78, 5) is 24.2. The molecule has 2 amide bonds. The number of halogens is 1. The molecule has 1 heterocycles. The standard InChI is InChI=1S/C20H20BrN5O3S/c1-3-26-18(13-6-10-16(29-2)11-7-13)23-25-20(26)30-12-17(27)22-24-19(28)14-4-8-15(21)9-5-14/h4-11H,3,12H2,1-2H3,(H,22,27)(H,24,28). The zero-order chi connectivity index (χ0) is 21.5. The van der Waals surface area contributed by atoms with Crippen molar-refractivity contribution in [3.05, 3.63) is 58.6 Å². The lowest BCUT2D eigenvalue weighted by Gasteiger charge is -2.09. The number of thioether (sulfide) groups is 1. The Morgan fingerprint density at radius 2 is 1.77 bits per heavy atom. The maximum atomic E-state index is 12.1. The second-order valence-corrected chi connectivity index (χ2v) is 7.93. The molecule has 0 bridgehead atoms. The van der Waals surface area contributed by atoms with Crippen LogP contribution in [-0.2, 0) is 11.3 Å². The van der Waals surface area contributed by atoms with Gasteiger partial charge in [0.1, 0.15) is 5.75 Å². The van der Waals surface area contributed by atoms with Gasteiger partial charge in [-0.25, -0.2) is 0 Å². The fourth-order valence-electron chi connectivity index (χ4n) is 2.60. The molecule has 10 heteroatoms. The molecule has 0 fully saturated rings. The van der Waals surface area contributed by atoms with E-state index in [1.54, 1.807) is 31.4 Å². The maximum absolute atomic E-state index is 12.1. The van der Waals surface area contributed by atoms with Crippen LogP contribution in [0.5, 0.6) is 5.75 Å². The van der Waals surface area contributed by atoms with E-state index in [0.29, 0.717) is 23.1 Å². The highest BCUT2D eigenvalue weighted by atomic mass is 79.9. The number of nitrogens with one attached hydrogen (secondary N) is 2. The van der Waals surface area contributed by atoms with Gasteiger partial charge in [0.25, 0.3) is 5.91 Å². The Morgan fingerprint density at radius 1 is 1.07 bits per heavy atom. The van der Waals surface area contributed by atoms with Gasteiger partial charge in [-0.1, -0.05) is 27.7 Å². The molecule has 0 saturated heterocycles. The molecule has 0 saturated carbocycles. The zero-order valence-corrected chi connectivity index (χ0v) is 18.8. The van der Waals surface area contributed by atoms with Gasteiger partial charge >= 0.3 is 0 Å². The number of hydrogen-bond acceptors (Lipinski definition) is 6. The van der Waals surface area contributed by atoms with Crippen LogP contribution in [0.2, 0.25) is 0 Å². The van der Waals surface area contributed by atoms with Crippen molar-refractivity contribution >= 4 is 39.5 Å². The number of carbonyl (C=O) groups is 2. The molecule has 0 spiro atoms. The Labute approximate surface area is 186 Å². The van der Waals surface area contributed by atoms with Gasteiger partial charge in [0.2, 0.25) is 5.91 Å². The van der Waals surface area contributed by atoms with Gasteiger partial charge in [-0.05, 0) is 55.5 Å². The van der Waals surface area contributed by atoms with Crippen molar-refractivity contribution in [2.24, 2.45) is 0 Å². The van der Waals surface area contributed by atoms with Crippen LogP contribution in [0, 0.1) is 0 Å². The minimum absolute atomic E-state index is 0.0847. The van der Waals surface area contributed by atoms with Crippen LogP contribution >= 0.6 is 27.7 Å². The summed E-state index contributed by atoms with van der Waals surface area (Å²) in [5, 5.41) is 9.08. The second kappa shape index (κ2) is 10.3. The predicted octanol–water partition coefficient (Wildman–Crippen LogP) is 3.29. The third-order valence-electron chi connectivity index (χ3n) is 4.14. The van der Waals surface area contributed by atoms with E-state index in [-0.39, 0.29) is 17.6 Å². The monoisotopic (exact) mass is 489 g/mol. The number of amides is 2. The van der Waals surface area contributed by atoms with Crippen molar-refractivity contribution in [2.75, 3.05) is 12.9 Å². The largest absolute Gasteiger partial charge is 0.497 e. The van der Waals surface area contributed by atoms with Crippen LogP contribution in [-0.4, -0.2) is 39.4 Å². The third kappa shape index (κ3) is 5.39. The van der Waals surface area contributed by atoms with Crippen LogP contribution in [0.4, 0.5) is 0 Å². The average Bonchev–Trinajstić information content (AvgIpc) is 3.19. The van der Waals surface area contributed by atoms with E-state index in [2.05, 4.69) is 37.0 Å². The Balaban J connectivity index is 1.57. The summed E-state index contributed by atoms with van der Waals surface area (Å²) in [7, 11) is 1.62. The van der Waals surface area contributed by atoms with E-state index in [1.165, 1.54) is 11.8 Å². The normalized spacial score (nSPS) is 10.5. The first-order chi connectivity index (χ1) is 14.5. The highest BCUT2D eigenvalue weighted by Crippen LogP contribution is 2.25. The van der Waals surface area contributed by atoms with Crippen LogP contribution in [0.3, 0.4) is 0 Å². The molecule has 156 valence electrons. The molecule has 0 aliphatic carbocycles. The summed E-state index contributed by atoms with van der Waals surface area (Å²) in [5.74, 6) is 0.826. The number of aromatic nitrogens is 3. The Kier molecular flexibility index (Phi) is 7.47. The van der Waals surface area contributed by atoms with E-state index >= 15 is 0 Å². The van der Waals surface area contributed by atoms with Gasteiger partial charge in [0.05, 0.1) is 12.9 Å². The lowest BCUT2D eigenvalue weighted by molar-refractivity contribution is -0.119. The van der Waals surface area contributed by atoms with Crippen molar-refractivity contribution in [3.8, 4) is 17.1 Å². The topological polar surface area (TPSA) is 98.1 Å². The Hall–Kier alpha value is -2.85. The molecule has 3 rings (SSSR count). The van der Waals surface area contributed by atoms with Gasteiger partial charge in [-0.3, -0.25) is 20.4 Å². The predicted molar refractivity (Wildman–Crippen MR) is 118 cm³/mol. The number of nitrogens with zero attached hydrogens (tertiary/aromatic N) is 3. The quantitative estimate of drug-likeness (QED) is 0.390. The number of hydrazine groups is 1. The number of carbonyl (C=O) groups excluding carboxylic acids is 2. The summed E-state index contributed by atoms with van der Waals surface area (Å²) < 4.78 is 7.98. The first-order valence-electron chi connectivity index (χ1n) is 9.07. The minimum atomic E-state index is -0.389. The van der Waals surface area contributed by atoms with Gasteiger partial charge in [-0.15, -0.1) is 10.2 Å². The highest BCUT2D eigenvalue weighted by Gasteiger charge is 2.15. The molecule has 3 aromatic rings. The van der Waals surface area contributed by atoms with Crippen LogP contribution in [0.25, 0.3) is 11.4 Å². The van der Waals surface area contributed by atoms with Gasteiger partial charge in [-0.2, -0.15) is 0 Å². The van der Waals surface area contributed by atoms with E-state index in [0.717, 1.165) is 15.8 Å². The van der Waals surface area contributed by atoms with Crippen LogP contribution in [0.1, 0.15) is 17.3 Å². The SMILES string of the molecule is CCn1c(SCC(=O)NNC(=O)c2ccc(Br)cc2)nnc1-c1ccc(OC)cc1. The summed E-state index contributed by atoms with van der Waals surface area (Å²) in [6.07, 6.45) is 0. The van der Waals surface area contributed by atoms with Crippen molar-refractivity contribution < 1.29 is 14.3 Å². The second-order valence-electron chi connectivity index (χ2n) is 6.08.